The Morgan fingerprint density at radius 2 is 2.14 bits per heavy atom. The summed E-state index contributed by atoms with van der Waals surface area (Å²) in [7, 11) is 0. The van der Waals surface area contributed by atoms with Gasteiger partial charge in [0.05, 0.1) is 0 Å². The van der Waals surface area contributed by atoms with Crippen molar-refractivity contribution in [2.45, 2.75) is 0 Å². The van der Waals surface area contributed by atoms with Crippen LogP contribution in [0.2, 0.25) is 5.15 Å². The third-order valence-electron chi connectivity index (χ3n) is 1.89. The van der Waals surface area contributed by atoms with Gasteiger partial charge in [-0.3, -0.25) is 0 Å². The minimum absolute atomic E-state index is 0.118. The van der Waals surface area contributed by atoms with E-state index in [1.165, 1.54) is 12.1 Å². The zero-order chi connectivity index (χ0) is 10.1. The number of rotatable bonds is 0. The van der Waals surface area contributed by atoms with Crippen LogP contribution in [-0.2, 0) is 0 Å². The molecule has 0 bridgehead atoms. The van der Waals surface area contributed by atoms with Crippen LogP contribution in [0.4, 0.5) is 4.39 Å². The van der Waals surface area contributed by atoms with E-state index in [9.17, 15) is 4.39 Å². The normalized spacial score (nSPS) is 10.1. The molecule has 0 fully saturated rings. The zero-order valence-electron chi connectivity index (χ0n) is 6.96. The molecular weight excluding hydrogens is 203 g/mol. The standard InChI is InChI=1S/C10H4ClFN2/c11-10-7-2-1-3-9(12)8(7)4-6(5-13)14-10/h1-4H. The Labute approximate surface area is 84.6 Å². The molecule has 1 heterocycles. The Hall–Kier alpha value is -1.66. The van der Waals surface area contributed by atoms with E-state index in [2.05, 4.69) is 4.98 Å². The first-order valence-corrected chi connectivity index (χ1v) is 4.25. The van der Waals surface area contributed by atoms with Crippen LogP contribution in [0.15, 0.2) is 24.3 Å². The fourth-order valence-electron chi connectivity index (χ4n) is 1.26. The van der Waals surface area contributed by atoms with Gasteiger partial charge >= 0.3 is 0 Å². The molecule has 0 aliphatic carbocycles. The molecular formula is C10H4ClFN2. The molecule has 0 aliphatic rings. The van der Waals surface area contributed by atoms with Crippen LogP contribution in [-0.4, -0.2) is 4.98 Å². The summed E-state index contributed by atoms with van der Waals surface area (Å²) < 4.78 is 13.3. The molecule has 0 saturated carbocycles. The lowest BCUT2D eigenvalue weighted by Crippen LogP contribution is -1.87. The van der Waals surface area contributed by atoms with Crippen molar-refractivity contribution >= 4 is 22.4 Å². The summed E-state index contributed by atoms with van der Waals surface area (Å²) >= 11 is 5.78. The van der Waals surface area contributed by atoms with E-state index >= 15 is 0 Å². The molecule has 0 unspecified atom stereocenters. The first kappa shape index (κ1) is 8.92. The number of nitrogens with zero attached hydrogens (tertiary/aromatic N) is 2. The molecule has 0 radical (unpaired) electrons. The van der Waals surface area contributed by atoms with Crippen LogP contribution >= 0.6 is 11.6 Å². The van der Waals surface area contributed by atoms with E-state index in [4.69, 9.17) is 16.9 Å². The predicted octanol–water partition coefficient (Wildman–Crippen LogP) is 2.90. The lowest BCUT2D eigenvalue weighted by atomic mass is 10.1. The van der Waals surface area contributed by atoms with Crippen molar-refractivity contribution < 1.29 is 4.39 Å². The summed E-state index contributed by atoms with van der Waals surface area (Å²) in [6, 6.07) is 7.74. The lowest BCUT2D eigenvalue weighted by Gasteiger charge is -2.00. The number of benzene rings is 1. The largest absolute Gasteiger partial charge is 0.225 e. The minimum Gasteiger partial charge on any atom is -0.225 e. The third kappa shape index (κ3) is 1.30. The van der Waals surface area contributed by atoms with Gasteiger partial charge in [-0.2, -0.15) is 5.26 Å². The highest BCUT2D eigenvalue weighted by Gasteiger charge is 2.06. The van der Waals surface area contributed by atoms with Gasteiger partial charge < -0.3 is 0 Å². The topological polar surface area (TPSA) is 36.7 Å². The van der Waals surface area contributed by atoms with Gasteiger partial charge in [0.15, 0.2) is 0 Å². The van der Waals surface area contributed by atoms with E-state index < -0.39 is 5.82 Å². The highest BCUT2D eigenvalue weighted by atomic mass is 35.5. The number of pyridine rings is 1. The number of fused-ring (bicyclic) bond motifs is 1. The number of aromatic nitrogens is 1. The van der Waals surface area contributed by atoms with E-state index in [1.54, 1.807) is 12.1 Å². The highest BCUT2D eigenvalue weighted by Crippen LogP contribution is 2.24. The SMILES string of the molecule is N#Cc1cc2c(F)cccc2c(Cl)n1. The average Bonchev–Trinajstić information content (AvgIpc) is 2.19. The Balaban J connectivity index is 2.92. The molecule has 0 saturated heterocycles. The van der Waals surface area contributed by atoms with Crippen molar-refractivity contribution in [2.24, 2.45) is 0 Å². The minimum atomic E-state index is -0.400. The smallest absolute Gasteiger partial charge is 0.142 e. The molecule has 0 atom stereocenters. The molecule has 0 aliphatic heterocycles. The molecule has 1 aromatic carbocycles. The highest BCUT2D eigenvalue weighted by molar-refractivity contribution is 6.34. The van der Waals surface area contributed by atoms with Crippen molar-refractivity contribution in [3.8, 4) is 6.07 Å². The number of hydrogen-bond donors (Lipinski definition) is 0. The molecule has 14 heavy (non-hydrogen) atoms. The van der Waals surface area contributed by atoms with Gasteiger partial charge in [-0.25, -0.2) is 9.37 Å². The molecule has 4 heteroatoms. The third-order valence-corrected chi connectivity index (χ3v) is 2.18. The number of nitriles is 1. The molecule has 0 amide bonds. The van der Waals surface area contributed by atoms with Crippen molar-refractivity contribution in [3.63, 3.8) is 0 Å². The van der Waals surface area contributed by atoms with E-state index in [1.807, 2.05) is 6.07 Å². The second-order valence-corrected chi connectivity index (χ2v) is 3.10. The summed E-state index contributed by atoms with van der Waals surface area (Å²) in [5, 5.41) is 9.61. The van der Waals surface area contributed by atoms with Gasteiger partial charge in [-0.15, -0.1) is 0 Å². The van der Waals surface area contributed by atoms with E-state index in [0.29, 0.717) is 10.8 Å². The van der Waals surface area contributed by atoms with Crippen molar-refractivity contribution in [1.29, 1.82) is 5.26 Å². The zero-order valence-corrected chi connectivity index (χ0v) is 7.72. The lowest BCUT2D eigenvalue weighted by molar-refractivity contribution is 0.639. The molecule has 0 N–H and O–H groups in total. The maximum absolute atomic E-state index is 13.3. The van der Waals surface area contributed by atoms with Gasteiger partial charge in [0.1, 0.15) is 22.7 Å². The van der Waals surface area contributed by atoms with Crippen LogP contribution in [0.1, 0.15) is 5.69 Å². The first-order chi connectivity index (χ1) is 6.72. The molecule has 2 aromatic rings. The number of hydrogen-bond acceptors (Lipinski definition) is 2. The van der Waals surface area contributed by atoms with Crippen molar-refractivity contribution in [2.75, 3.05) is 0 Å². The van der Waals surface area contributed by atoms with Gasteiger partial charge in [0, 0.05) is 10.8 Å². The first-order valence-electron chi connectivity index (χ1n) is 3.87. The van der Waals surface area contributed by atoms with Crippen LogP contribution in [0, 0.1) is 17.1 Å². The van der Waals surface area contributed by atoms with E-state index in [-0.39, 0.29) is 10.8 Å². The van der Waals surface area contributed by atoms with Gasteiger partial charge in [0.2, 0.25) is 0 Å². The second-order valence-electron chi connectivity index (χ2n) is 2.75. The van der Waals surface area contributed by atoms with Crippen LogP contribution < -0.4 is 0 Å². The van der Waals surface area contributed by atoms with Gasteiger partial charge in [-0.1, -0.05) is 23.7 Å². The van der Waals surface area contributed by atoms with Gasteiger partial charge in [-0.05, 0) is 12.1 Å². The maximum atomic E-state index is 13.3. The average molecular weight is 207 g/mol. The van der Waals surface area contributed by atoms with Crippen molar-refractivity contribution in [1.82, 2.24) is 4.98 Å². The molecule has 2 rings (SSSR count). The number of halogens is 2. The Bertz CT molecular complexity index is 546. The Morgan fingerprint density at radius 1 is 1.36 bits per heavy atom. The summed E-state index contributed by atoms with van der Waals surface area (Å²) in [5.74, 6) is -0.400. The Kier molecular flexibility index (Phi) is 2.06. The van der Waals surface area contributed by atoms with Crippen molar-refractivity contribution in [3.05, 3.63) is 40.9 Å². The van der Waals surface area contributed by atoms with Crippen LogP contribution in [0.3, 0.4) is 0 Å². The summed E-state index contributed by atoms with van der Waals surface area (Å²) in [6.07, 6.45) is 0. The van der Waals surface area contributed by atoms with E-state index in [0.717, 1.165) is 0 Å². The second kappa shape index (κ2) is 3.24. The Morgan fingerprint density at radius 3 is 2.86 bits per heavy atom. The maximum Gasteiger partial charge on any atom is 0.142 e. The quantitative estimate of drug-likeness (QED) is 0.622. The fraction of sp³-hybridized carbons (Fsp3) is 0. The predicted molar refractivity (Wildman–Crippen MR) is 51.4 cm³/mol. The molecule has 0 spiro atoms. The van der Waals surface area contributed by atoms with Crippen LogP contribution in [0.25, 0.3) is 10.8 Å². The monoisotopic (exact) mass is 206 g/mol. The summed E-state index contributed by atoms with van der Waals surface area (Å²) in [6.45, 7) is 0. The molecule has 1 aromatic heterocycles. The fourth-order valence-corrected chi connectivity index (χ4v) is 1.51. The summed E-state index contributed by atoms with van der Waals surface area (Å²) in [5.41, 5.74) is 0.118. The van der Waals surface area contributed by atoms with Crippen LogP contribution in [0.5, 0.6) is 0 Å². The van der Waals surface area contributed by atoms with Gasteiger partial charge in [0.25, 0.3) is 0 Å². The molecule has 68 valence electrons. The molecule has 2 nitrogen and oxygen atoms in total. The summed E-state index contributed by atoms with van der Waals surface area (Å²) in [4.78, 5) is 3.80.